The molecule has 3 heteroatoms. The molecule has 0 aromatic rings. The average molecular weight is 199 g/mol. The van der Waals surface area contributed by atoms with Gasteiger partial charge < -0.3 is 0 Å². The van der Waals surface area contributed by atoms with Crippen LogP contribution in [-0.4, -0.2) is 14.2 Å². The summed E-state index contributed by atoms with van der Waals surface area (Å²) in [6, 6.07) is 0. The van der Waals surface area contributed by atoms with Crippen molar-refractivity contribution in [2.45, 2.75) is 16.2 Å². The summed E-state index contributed by atoms with van der Waals surface area (Å²) in [6.07, 6.45) is 2.16. The Morgan fingerprint density at radius 1 is 1.71 bits per heavy atom. The molecule has 1 atom stereocenters. The van der Waals surface area contributed by atoms with Crippen LogP contribution in [-0.2, 0) is 19.8 Å². The Balaban J connectivity index is 2.40. The molecule has 7 heavy (non-hydrogen) atoms. The van der Waals surface area contributed by atoms with Gasteiger partial charge in [0, 0.05) is 0 Å². The number of rotatable bonds is 0. The predicted octanol–water partition coefficient (Wildman–Crippen LogP) is 0.706. The van der Waals surface area contributed by atoms with Crippen LogP contribution >= 0.6 is 11.8 Å². The van der Waals surface area contributed by atoms with Gasteiger partial charge in [-0.1, -0.05) is 0 Å². The summed E-state index contributed by atoms with van der Waals surface area (Å²) < 4.78 is -0.379. The molecule has 0 aromatic carbocycles. The average Bonchev–Trinajstić information content (AvgIpc) is 1.84. The summed E-state index contributed by atoms with van der Waals surface area (Å²) >= 11 is 3.47. The predicted molar refractivity (Wildman–Crippen MR) is 26.6 cm³/mol. The zero-order valence-corrected chi connectivity index (χ0v) is 6.71. The molecule has 1 nitrogen and oxygen atoms in total. The van der Waals surface area contributed by atoms with Crippen LogP contribution in [0.1, 0.15) is 12.8 Å². The summed E-state index contributed by atoms with van der Waals surface area (Å²) in [5.74, 6) is 1.13. The van der Waals surface area contributed by atoms with E-state index in [4.69, 9.17) is 5.11 Å². The number of thioether (sulfide) groups is 1. The van der Waals surface area contributed by atoms with Crippen LogP contribution in [0.15, 0.2) is 0 Å². The molecule has 0 amide bonds. The van der Waals surface area contributed by atoms with E-state index in [-0.39, 0.29) is 3.32 Å². The molecule has 0 aromatic heterocycles. The zero-order valence-electron chi connectivity index (χ0n) is 3.89. The molecule has 1 N–H and O–H groups in total. The molecule has 0 bridgehead atoms. The van der Waals surface area contributed by atoms with Crippen LogP contribution in [0.2, 0.25) is 0 Å². The van der Waals surface area contributed by atoms with Crippen LogP contribution in [0.5, 0.6) is 0 Å². The van der Waals surface area contributed by atoms with Crippen LogP contribution < -0.4 is 0 Å². The summed E-state index contributed by atoms with van der Waals surface area (Å²) in [4.78, 5) is 0. The maximum absolute atomic E-state index is 9.16. The van der Waals surface area contributed by atoms with Crippen molar-refractivity contribution in [1.82, 2.24) is 0 Å². The molecule has 1 unspecified atom stereocenters. The van der Waals surface area contributed by atoms with Crippen molar-refractivity contribution in [3.63, 3.8) is 0 Å². The van der Waals surface area contributed by atoms with Crippen molar-refractivity contribution in [3.05, 3.63) is 0 Å². The van der Waals surface area contributed by atoms with Gasteiger partial charge in [0.2, 0.25) is 0 Å². The Hall–Kier alpha value is 0.998. The van der Waals surface area contributed by atoms with E-state index in [9.17, 15) is 0 Å². The molecule has 1 heterocycles. The van der Waals surface area contributed by atoms with Crippen LogP contribution in [0, 0.1) is 0 Å². The van der Waals surface area contributed by atoms with E-state index in [0.29, 0.717) is 0 Å². The second-order valence-electron chi connectivity index (χ2n) is 1.66. The molecule has 0 spiro atoms. The Bertz CT molecular complexity index is 66.1. The van der Waals surface area contributed by atoms with Gasteiger partial charge in [0.15, 0.2) is 0 Å². The topological polar surface area (TPSA) is 20.2 Å². The molecule has 1 aliphatic heterocycles. The normalized spacial score (nSPS) is 41.9. The Morgan fingerprint density at radius 3 is 2.57 bits per heavy atom. The third-order valence-corrected chi connectivity index (χ3v) is 3.48. The molecule has 1 aliphatic rings. The first-order valence-electron chi connectivity index (χ1n) is 2.27. The summed E-state index contributed by atoms with van der Waals surface area (Å²) in [6.45, 7) is 0. The first-order valence-corrected chi connectivity index (χ1v) is 4.26. The van der Waals surface area contributed by atoms with Crippen molar-refractivity contribution >= 4 is 11.8 Å². The van der Waals surface area contributed by atoms with Crippen LogP contribution in [0.25, 0.3) is 0 Å². The Labute approximate surface area is 58.8 Å². The van der Waals surface area contributed by atoms with Gasteiger partial charge in [-0.15, -0.1) is 0 Å². The molecule has 1 saturated heterocycles. The third-order valence-electron chi connectivity index (χ3n) is 0.965. The van der Waals surface area contributed by atoms with Gasteiger partial charge in [-0.2, -0.15) is 0 Å². The van der Waals surface area contributed by atoms with E-state index >= 15 is 0 Å². The molecule has 1 rings (SSSR count). The van der Waals surface area contributed by atoms with E-state index in [1.165, 1.54) is 6.42 Å². The maximum atomic E-state index is 9.16. The summed E-state index contributed by atoms with van der Waals surface area (Å²) in [7, 11) is 0. The summed E-state index contributed by atoms with van der Waals surface area (Å²) in [5.41, 5.74) is 0. The molecule has 0 aliphatic carbocycles. The van der Waals surface area contributed by atoms with Gasteiger partial charge >= 0.3 is 58.6 Å². The first-order chi connectivity index (χ1) is 3.21. The number of hydrogen-bond acceptors (Lipinski definition) is 2. The third kappa shape index (κ3) is 1.75. The van der Waals surface area contributed by atoms with Crippen molar-refractivity contribution in [3.8, 4) is 0 Å². The molecule has 0 radical (unpaired) electrons. The Morgan fingerprint density at radius 2 is 2.43 bits per heavy atom. The quantitative estimate of drug-likeness (QED) is 0.579. The van der Waals surface area contributed by atoms with Gasteiger partial charge in [0.25, 0.3) is 0 Å². The molecule has 1 fully saturated rings. The van der Waals surface area contributed by atoms with Crippen LogP contribution in [0.4, 0.5) is 0 Å². The Kier molecular flexibility index (Phi) is 1.82. The molecular formula is C4H7MoOS. The second kappa shape index (κ2) is 2.08. The van der Waals surface area contributed by atoms with Gasteiger partial charge in [0.1, 0.15) is 0 Å². The van der Waals surface area contributed by atoms with E-state index in [1.54, 1.807) is 11.8 Å². The van der Waals surface area contributed by atoms with Crippen molar-refractivity contribution in [2.75, 3.05) is 5.75 Å². The molecule has 41 valence electrons. The van der Waals surface area contributed by atoms with Gasteiger partial charge in [0.05, 0.1) is 0 Å². The van der Waals surface area contributed by atoms with Gasteiger partial charge in [-0.3, -0.25) is 0 Å². The monoisotopic (exact) mass is 201 g/mol. The zero-order chi connectivity index (χ0) is 5.33. The summed E-state index contributed by atoms with van der Waals surface area (Å²) in [5, 5.41) is 9.16. The standard InChI is InChI=1S/C4H7OS.Mo/c5-4-2-1-3-6-4;/h5H,1-3H2;. The van der Waals surface area contributed by atoms with Gasteiger partial charge in [-0.25, -0.2) is 0 Å². The molecule has 0 saturated carbocycles. The fourth-order valence-electron chi connectivity index (χ4n) is 0.599. The van der Waals surface area contributed by atoms with E-state index < -0.39 is 0 Å². The van der Waals surface area contributed by atoms with Crippen molar-refractivity contribution in [1.29, 1.82) is 0 Å². The number of hydrogen-bond donors (Lipinski definition) is 1. The first kappa shape index (κ1) is 6.12. The fourth-order valence-corrected chi connectivity index (χ4v) is 2.46. The number of aliphatic hydroxyl groups is 1. The second-order valence-corrected chi connectivity index (χ2v) is 5.39. The molecular weight excluding hydrogens is 192 g/mol. The van der Waals surface area contributed by atoms with E-state index in [2.05, 4.69) is 0 Å². The SMILES string of the molecule is O[C]1([Mo])CCCS1. The van der Waals surface area contributed by atoms with E-state index in [1.807, 2.05) is 19.8 Å². The van der Waals surface area contributed by atoms with E-state index in [0.717, 1.165) is 12.2 Å². The van der Waals surface area contributed by atoms with Crippen molar-refractivity contribution in [2.24, 2.45) is 0 Å². The fraction of sp³-hybridized carbons (Fsp3) is 1.00. The van der Waals surface area contributed by atoms with Gasteiger partial charge in [-0.05, 0) is 0 Å². The van der Waals surface area contributed by atoms with Crippen LogP contribution in [0.3, 0.4) is 0 Å². The van der Waals surface area contributed by atoms with Crippen molar-refractivity contribution < 1.29 is 24.9 Å². The minimum atomic E-state index is -0.379. The minimum absolute atomic E-state index is 0.379.